The zero-order valence-corrected chi connectivity index (χ0v) is 13.3. The Morgan fingerprint density at radius 2 is 2.14 bits per heavy atom. The van der Waals surface area contributed by atoms with Crippen LogP contribution >= 0.6 is 23.5 Å². The summed E-state index contributed by atoms with van der Waals surface area (Å²) in [5.74, 6) is 1.80. The smallest absolute Gasteiger partial charge is 0.214 e. The maximum atomic E-state index is 6.23. The number of hydrogen-bond acceptors (Lipinski definition) is 6. The Morgan fingerprint density at radius 1 is 1.33 bits per heavy atom. The fourth-order valence-corrected chi connectivity index (χ4v) is 3.32. The molecular weight excluding hydrogens is 302 g/mol. The van der Waals surface area contributed by atoms with Gasteiger partial charge in [-0.3, -0.25) is 5.43 Å². The van der Waals surface area contributed by atoms with Crippen molar-refractivity contribution in [3.05, 3.63) is 47.1 Å². The summed E-state index contributed by atoms with van der Waals surface area (Å²) in [7, 11) is 0. The lowest BCUT2D eigenvalue weighted by Crippen LogP contribution is -2.24. The summed E-state index contributed by atoms with van der Waals surface area (Å²) in [6, 6.07) is 10.1. The molecule has 1 aliphatic heterocycles. The lowest BCUT2D eigenvalue weighted by molar-refractivity contribution is 0.617. The summed E-state index contributed by atoms with van der Waals surface area (Å²) in [5.41, 5.74) is 11.8. The van der Waals surface area contributed by atoms with Crippen LogP contribution < -0.4 is 11.2 Å². The van der Waals surface area contributed by atoms with E-state index in [4.69, 9.17) is 5.73 Å². The second-order valence-corrected chi connectivity index (χ2v) is 6.51. The number of aromatic nitrogens is 3. The maximum absolute atomic E-state index is 6.23. The highest BCUT2D eigenvalue weighted by molar-refractivity contribution is 8.02. The molecule has 0 amide bonds. The van der Waals surface area contributed by atoms with Gasteiger partial charge in [0.15, 0.2) is 5.82 Å². The third kappa shape index (κ3) is 3.09. The number of rotatable bonds is 5. The number of hydrogen-bond donors (Lipinski definition) is 2. The van der Waals surface area contributed by atoms with Gasteiger partial charge in [0.1, 0.15) is 0 Å². The molecule has 0 saturated carbocycles. The molecule has 21 heavy (non-hydrogen) atoms. The predicted octanol–water partition coefficient (Wildman–Crippen LogP) is 2.68. The zero-order chi connectivity index (χ0) is 14.7. The van der Waals surface area contributed by atoms with Gasteiger partial charge in [-0.25, -0.2) is 4.68 Å². The van der Waals surface area contributed by atoms with Crippen LogP contribution in [0.3, 0.4) is 0 Å². The summed E-state index contributed by atoms with van der Waals surface area (Å²) in [6.45, 7) is 0. The number of nitrogens with zero attached hydrogens (tertiary/aromatic N) is 3. The Labute approximate surface area is 132 Å². The van der Waals surface area contributed by atoms with Crippen molar-refractivity contribution in [1.82, 2.24) is 14.9 Å². The van der Waals surface area contributed by atoms with E-state index in [1.165, 1.54) is 0 Å². The topological polar surface area (TPSA) is 68.8 Å². The number of nitrogens with two attached hydrogens (primary N) is 1. The minimum absolute atomic E-state index is 0.109. The van der Waals surface area contributed by atoms with Crippen LogP contribution in [0.5, 0.6) is 0 Å². The molecule has 0 fully saturated rings. The first-order valence-electron chi connectivity index (χ1n) is 6.68. The lowest BCUT2D eigenvalue weighted by atomic mass is 10.2. The van der Waals surface area contributed by atoms with Crippen LogP contribution in [0.4, 0.5) is 0 Å². The third-order valence-corrected chi connectivity index (χ3v) is 4.69. The maximum Gasteiger partial charge on any atom is 0.214 e. The first-order chi connectivity index (χ1) is 10.3. The van der Waals surface area contributed by atoms with Crippen molar-refractivity contribution in [3.8, 4) is 0 Å². The Morgan fingerprint density at radius 3 is 2.90 bits per heavy atom. The molecule has 0 bridgehead atoms. The van der Waals surface area contributed by atoms with Crippen molar-refractivity contribution in [1.29, 1.82) is 0 Å². The molecule has 7 heteroatoms. The van der Waals surface area contributed by atoms with Crippen LogP contribution in [0, 0.1) is 0 Å². The standard InChI is InChI=1S/C14H17N5S2/c1-20-8-7-11(15)13-16-17-14-19(13)18-12(9-21-14)10-5-3-2-4-6-10/h2-6,9,11,18H,7-8,15H2,1H3/t11-/m0/s1. The Balaban J connectivity index is 1.82. The average Bonchev–Trinajstić information content (AvgIpc) is 2.96. The molecule has 2 aromatic rings. The Kier molecular flexibility index (Phi) is 4.52. The second-order valence-electron chi connectivity index (χ2n) is 4.69. The van der Waals surface area contributed by atoms with Crippen molar-refractivity contribution in [3.63, 3.8) is 0 Å². The van der Waals surface area contributed by atoms with E-state index in [-0.39, 0.29) is 6.04 Å². The first-order valence-corrected chi connectivity index (χ1v) is 8.96. The molecule has 3 N–H and O–H groups in total. The molecular formula is C14H17N5S2. The largest absolute Gasteiger partial charge is 0.321 e. The molecule has 1 aromatic carbocycles. The van der Waals surface area contributed by atoms with Gasteiger partial charge in [0.05, 0.1) is 11.7 Å². The van der Waals surface area contributed by atoms with Crippen molar-refractivity contribution in [2.45, 2.75) is 17.6 Å². The third-order valence-electron chi connectivity index (χ3n) is 3.22. The molecule has 0 saturated heterocycles. The first kappa shape index (κ1) is 14.5. The van der Waals surface area contributed by atoms with Crippen molar-refractivity contribution in [2.24, 2.45) is 5.73 Å². The highest BCUT2D eigenvalue weighted by atomic mass is 32.2. The molecule has 1 aliphatic rings. The molecule has 1 aromatic heterocycles. The van der Waals surface area contributed by atoms with Crippen LogP contribution in [0.1, 0.15) is 23.9 Å². The van der Waals surface area contributed by atoms with E-state index in [1.807, 2.05) is 22.9 Å². The minimum atomic E-state index is -0.109. The van der Waals surface area contributed by atoms with Crippen LogP contribution in [-0.2, 0) is 0 Å². The van der Waals surface area contributed by atoms with Gasteiger partial charge in [-0.15, -0.1) is 10.2 Å². The number of benzene rings is 1. The average molecular weight is 319 g/mol. The van der Waals surface area contributed by atoms with Crippen LogP contribution in [0.25, 0.3) is 5.70 Å². The molecule has 2 heterocycles. The van der Waals surface area contributed by atoms with E-state index >= 15 is 0 Å². The molecule has 110 valence electrons. The van der Waals surface area contributed by atoms with Crippen LogP contribution in [0.2, 0.25) is 0 Å². The van der Waals surface area contributed by atoms with Crippen molar-refractivity contribution in [2.75, 3.05) is 17.4 Å². The zero-order valence-electron chi connectivity index (χ0n) is 11.7. The summed E-state index contributed by atoms with van der Waals surface area (Å²) in [4.78, 5) is 0. The molecule has 5 nitrogen and oxygen atoms in total. The highest BCUT2D eigenvalue weighted by Gasteiger charge is 2.22. The molecule has 0 aliphatic carbocycles. The summed E-state index contributed by atoms with van der Waals surface area (Å²) in [6.07, 6.45) is 2.96. The quantitative estimate of drug-likeness (QED) is 0.883. The second kappa shape index (κ2) is 6.55. The van der Waals surface area contributed by atoms with Gasteiger partial charge in [0.2, 0.25) is 5.16 Å². The van der Waals surface area contributed by atoms with E-state index in [0.717, 1.165) is 34.4 Å². The molecule has 0 unspecified atom stereocenters. The number of thioether (sulfide) groups is 2. The fourth-order valence-electron chi connectivity index (χ4n) is 2.09. The van der Waals surface area contributed by atoms with E-state index in [9.17, 15) is 0 Å². The normalized spacial score (nSPS) is 15.0. The lowest BCUT2D eigenvalue weighted by Gasteiger charge is -2.20. The van der Waals surface area contributed by atoms with E-state index in [0.29, 0.717) is 0 Å². The van der Waals surface area contributed by atoms with Crippen molar-refractivity contribution >= 4 is 29.2 Å². The van der Waals surface area contributed by atoms with Gasteiger partial charge < -0.3 is 5.73 Å². The van der Waals surface area contributed by atoms with Crippen molar-refractivity contribution < 1.29 is 0 Å². The van der Waals surface area contributed by atoms with E-state index in [1.54, 1.807) is 23.5 Å². The summed E-state index contributed by atoms with van der Waals surface area (Å²) >= 11 is 3.35. The Bertz CT molecular complexity index is 638. The molecule has 0 spiro atoms. The predicted molar refractivity (Wildman–Crippen MR) is 89.6 cm³/mol. The highest BCUT2D eigenvalue weighted by Crippen LogP contribution is 2.29. The fraction of sp³-hybridized carbons (Fsp3) is 0.286. The summed E-state index contributed by atoms with van der Waals surface area (Å²) < 4.78 is 1.90. The molecule has 3 rings (SSSR count). The van der Waals surface area contributed by atoms with Gasteiger partial charge in [0.25, 0.3) is 0 Å². The summed E-state index contributed by atoms with van der Waals surface area (Å²) in [5, 5.41) is 11.3. The van der Waals surface area contributed by atoms with E-state index < -0.39 is 0 Å². The monoisotopic (exact) mass is 319 g/mol. The van der Waals surface area contributed by atoms with E-state index in [2.05, 4.69) is 39.4 Å². The van der Waals surface area contributed by atoms with Gasteiger partial charge in [-0.05, 0) is 24.0 Å². The molecule has 0 radical (unpaired) electrons. The Hall–Kier alpha value is -1.44. The number of fused-ring (bicyclic) bond motifs is 1. The van der Waals surface area contributed by atoms with Crippen LogP contribution in [-0.4, -0.2) is 26.9 Å². The van der Waals surface area contributed by atoms with Gasteiger partial charge >= 0.3 is 0 Å². The van der Waals surface area contributed by atoms with Crippen LogP contribution in [0.15, 0.2) is 40.9 Å². The van der Waals surface area contributed by atoms with Gasteiger partial charge in [-0.1, -0.05) is 42.1 Å². The molecule has 1 atom stereocenters. The van der Waals surface area contributed by atoms with Gasteiger partial charge in [0, 0.05) is 5.41 Å². The number of nitrogens with one attached hydrogen (secondary N) is 1. The SMILES string of the molecule is CSCC[C@H](N)c1nnc2n1NC(c1ccccc1)=CS2. The van der Waals surface area contributed by atoms with Gasteiger partial charge in [-0.2, -0.15) is 11.8 Å². The minimum Gasteiger partial charge on any atom is -0.321 e.